The van der Waals surface area contributed by atoms with Crippen LogP contribution >= 0.6 is 0 Å². The number of aromatic nitrogens is 1. The van der Waals surface area contributed by atoms with Crippen LogP contribution in [-0.4, -0.2) is 11.2 Å². The molecule has 3 nitrogen and oxygen atoms in total. The number of hydrogen-bond acceptors (Lipinski definition) is 2. The van der Waals surface area contributed by atoms with E-state index in [4.69, 9.17) is 10.5 Å². The zero-order chi connectivity index (χ0) is 14.8. The Morgan fingerprint density at radius 2 is 1.95 bits per heavy atom. The van der Waals surface area contributed by atoms with Crippen molar-refractivity contribution in [2.75, 3.05) is 12.3 Å². The van der Waals surface area contributed by atoms with Gasteiger partial charge in [-0.15, -0.1) is 0 Å². The van der Waals surface area contributed by atoms with Gasteiger partial charge < -0.3 is 15.0 Å². The van der Waals surface area contributed by atoms with Gasteiger partial charge >= 0.3 is 0 Å². The molecule has 4 heteroatoms. The molecular formula is C17H17FN2O. The summed E-state index contributed by atoms with van der Waals surface area (Å²) in [6, 6.07) is 12.6. The van der Waals surface area contributed by atoms with Crippen molar-refractivity contribution >= 4 is 16.6 Å². The van der Waals surface area contributed by atoms with E-state index in [-0.39, 0.29) is 5.82 Å². The van der Waals surface area contributed by atoms with Gasteiger partial charge in [0.05, 0.1) is 18.7 Å². The minimum absolute atomic E-state index is 0.280. The van der Waals surface area contributed by atoms with Crippen molar-refractivity contribution in [1.82, 2.24) is 4.57 Å². The smallest absolute Gasteiger partial charge is 0.130 e. The van der Waals surface area contributed by atoms with Crippen LogP contribution in [0.15, 0.2) is 48.7 Å². The minimum Gasteiger partial charge on any atom is -0.493 e. The molecule has 2 N–H and O–H groups in total. The first-order valence-electron chi connectivity index (χ1n) is 6.94. The molecule has 1 heterocycles. The van der Waals surface area contributed by atoms with E-state index in [9.17, 15) is 4.39 Å². The van der Waals surface area contributed by atoms with Crippen LogP contribution < -0.4 is 10.5 Å². The first-order chi connectivity index (χ1) is 10.2. The maximum Gasteiger partial charge on any atom is 0.130 e. The zero-order valence-electron chi connectivity index (χ0n) is 11.8. The lowest BCUT2D eigenvalue weighted by atomic mass is 10.1. The lowest BCUT2D eigenvalue weighted by Crippen LogP contribution is -2.04. The summed E-state index contributed by atoms with van der Waals surface area (Å²) >= 11 is 0. The number of rotatable bonds is 4. The number of nitrogens with two attached hydrogens (primary N) is 1. The summed E-state index contributed by atoms with van der Waals surface area (Å²) in [5.41, 5.74) is 7.87. The number of hydrogen-bond donors (Lipinski definition) is 1. The van der Waals surface area contributed by atoms with Crippen molar-refractivity contribution in [2.45, 2.75) is 13.5 Å². The number of ether oxygens (including phenoxy) is 1. The van der Waals surface area contributed by atoms with Crippen molar-refractivity contribution < 1.29 is 9.13 Å². The minimum atomic E-state index is -0.280. The maximum atomic E-state index is 13.9. The molecule has 0 aliphatic rings. The summed E-state index contributed by atoms with van der Waals surface area (Å²) in [6.07, 6.45) is 1.93. The number of anilines is 1. The van der Waals surface area contributed by atoms with E-state index in [0.29, 0.717) is 24.4 Å². The fraction of sp³-hybridized carbons (Fsp3) is 0.176. The summed E-state index contributed by atoms with van der Waals surface area (Å²) in [6.45, 7) is 2.97. The largest absolute Gasteiger partial charge is 0.493 e. The highest BCUT2D eigenvalue weighted by molar-refractivity contribution is 5.86. The highest BCUT2D eigenvalue weighted by Gasteiger charge is 2.10. The predicted molar refractivity (Wildman–Crippen MR) is 83.0 cm³/mol. The van der Waals surface area contributed by atoms with E-state index < -0.39 is 0 Å². The highest BCUT2D eigenvalue weighted by atomic mass is 19.1. The molecule has 0 amide bonds. The fourth-order valence-electron chi connectivity index (χ4n) is 2.53. The number of benzene rings is 2. The molecule has 3 aromatic rings. The van der Waals surface area contributed by atoms with Crippen molar-refractivity contribution in [1.29, 1.82) is 0 Å². The van der Waals surface area contributed by atoms with Crippen molar-refractivity contribution in [3.05, 3.63) is 60.0 Å². The quantitative estimate of drug-likeness (QED) is 0.740. The normalized spacial score (nSPS) is 11.0. The van der Waals surface area contributed by atoms with Crippen LogP contribution in [0.2, 0.25) is 0 Å². The van der Waals surface area contributed by atoms with Crippen molar-refractivity contribution in [2.24, 2.45) is 0 Å². The average molecular weight is 284 g/mol. The van der Waals surface area contributed by atoms with Gasteiger partial charge in [-0.25, -0.2) is 4.39 Å². The third kappa shape index (κ3) is 2.44. The first kappa shape index (κ1) is 13.5. The summed E-state index contributed by atoms with van der Waals surface area (Å²) in [7, 11) is 0. The monoisotopic (exact) mass is 284 g/mol. The van der Waals surface area contributed by atoms with E-state index in [1.54, 1.807) is 12.1 Å². The molecule has 108 valence electrons. The summed E-state index contributed by atoms with van der Waals surface area (Å²) in [4.78, 5) is 0. The molecule has 0 saturated heterocycles. The van der Waals surface area contributed by atoms with Crippen LogP contribution in [0, 0.1) is 5.82 Å². The molecule has 0 bridgehead atoms. The molecule has 2 aromatic carbocycles. The van der Waals surface area contributed by atoms with Gasteiger partial charge in [-0.2, -0.15) is 0 Å². The van der Waals surface area contributed by atoms with Crippen LogP contribution in [0.5, 0.6) is 5.75 Å². The van der Waals surface area contributed by atoms with Gasteiger partial charge in [-0.3, -0.25) is 0 Å². The van der Waals surface area contributed by atoms with E-state index in [2.05, 4.69) is 0 Å². The van der Waals surface area contributed by atoms with Gasteiger partial charge in [-0.05, 0) is 37.3 Å². The third-order valence-electron chi connectivity index (χ3n) is 3.56. The molecule has 21 heavy (non-hydrogen) atoms. The van der Waals surface area contributed by atoms with Crippen LogP contribution in [0.4, 0.5) is 10.1 Å². The van der Waals surface area contributed by atoms with E-state index in [1.807, 2.05) is 42.0 Å². The van der Waals surface area contributed by atoms with Gasteiger partial charge in [0.2, 0.25) is 0 Å². The standard InChI is InChI=1S/C17H17FN2O/c1-2-21-17-8-4-7-16-12(17)9-10-20(16)11-13-14(18)5-3-6-15(13)19/h3-10H,2,11,19H2,1H3. The Balaban J connectivity index is 2.04. The van der Waals surface area contributed by atoms with Gasteiger partial charge in [0, 0.05) is 22.8 Å². The Morgan fingerprint density at radius 1 is 1.14 bits per heavy atom. The summed E-state index contributed by atoms with van der Waals surface area (Å²) in [5, 5.41) is 1.02. The lowest BCUT2D eigenvalue weighted by molar-refractivity contribution is 0.344. The third-order valence-corrected chi connectivity index (χ3v) is 3.56. The van der Waals surface area contributed by atoms with E-state index in [0.717, 1.165) is 16.7 Å². The number of fused-ring (bicyclic) bond motifs is 1. The Kier molecular flexibility index (Phi) is 3.52. The van der Waals surface area contributed by atoms with Gasteiger partial charge in [0.15, 0.2) is 0 Å². The predicted octanol–water partition coefficient (Wildman–Crippen LogP) is 3.81. The molecule has 0 spiro atoms. The topological polar surface area (TPSA) is 40.2 Å². The SMILES string of the molecule is CCOc1cccc2c1ccn2Cc1c(N)cccc1F. The maximum absolute atomic E-state index is 13.9. The second-order valence-electron chi connectivity index (χ2n) is 4.87. The molecule has 0 atom stereocenters. The van der Waals surface area contributed by atoms with Crippen molar-refractivity contribution in [3.63, 3.8) is 0 Å². The van der Waals surface area contributed by atoms with Gasteiger partial charge in [0.25, 0.3) is 0 Å². The Labute approximate surface area is 122 Å². The second-order valence-corrected chi connectivity index (χ2v) is 4.87. The number of nitrogens with zero attached hydrogens (tertiary/aromatic N) is 1. The number of halogens is 1. The van der Waals surface area contributed by atoms with Crippen molar-refractivity contribution in [3.8, 4) is 5.75 Å². The molecule has 0 unspecified atom stereocenters. The summed E-state index contributed by atoms with van der Waals surface area (Å²) in [5.74, 6) is 0.563. The molecular weight excluding hydrogens is 267 g/mol. The van der Waals surface area contributed by atoms with Crippen LogP contribution in [0.1, 0.15) is 12.5 Å². The molecule has 0 saturated carbocycles. The van der Waals surface area contributed by atoms with Gasteiger partial charge in [0.1, 0.15) is 11.6 Å². The average Bonchev–Trinajstić information content (AvgIpc) is 2.88. The molecule has 1 aromatic heterocycles. The lowest BCUT2D eigenvalue weighted by Gasteiger charge is -2.10. The summed E-state index contributed by atoms with van der Waals surface area (Å²) < 4.78 is 21.5. The van der Waals surface area contributed by atoms with Crippen LogP contribution in [-0.2, 0) is 6.54 Å². The van der Waals surface area contributed by atoms with E-state index >= 15 is 0 Å². The molecule has 0 aliphatic heterocycles. The second kappa shape index (κ2) is 5.48. The molecule has 3 rings (SSSR count). The molecule has 0 aliphatic carbocycles. The van der Waals surface area contributed by atoms with E-state index in [1.165, 1.54) is 6.07 Å². The Bertz CT molecular complexity index is 759. The fourth-order valence-corrected chi connectivity index (χ4v) is 2.53. The number of nitrogen functional groups attached to an aromatic ring is 1. The van der Waals surface area contributed by atoms with Crippen LogP contribution in [0.25, 0.3) is 10.9 Å². The Hall–Kier alpha value is -2.49. The first-order valence-corrected chi connectivity index (χ1v) is 6.94. The Morgan fingerprint density at radius 3 is 2.71 bits per heavy atom. The molecule has 0 fully saturated rings. The zero-order valence-corrected chi connectivity index (χ0v) is 11.8. The van der Waals surface area contributed by atoms with Gasteiger partial charge in [-0.1, -0.05) is 12.1 Å². The van der Waals surface area contributed by atoms with Crippen LogP contribution in [0.3, 0.4) is 0 Å². The molecule has 0 radical (unpaired) electrons. The highest BCUT2D eigenvalue weighted by Crippen LogP contribution is 2.28.